The zero-order valence-corrected chi connectivity index (χ0v) is 12.3. The van der Waals surface area contributed by atoms with E-state index in [0.717, 1.165) is 25.9 Å². The zero-order chi connectivity index (χ0) is 12.2. The van der Waals surface area contributed by atoms with E-state index in [1.54, 1.807) is 0 Å². The van der Waals surface area contributed by atoms with Gasteiger partial charge in [0.15, 0.2) is 0 Å². The molecule has 2 N–H and O–H groups in total. The lowest BCUT2D eigenvalue weighted by atomic mass is 9.94. The maximum atomic E-state index is 5.88. The highest BCUT2D eigenvalue weighted by Crippen LogP contribution is 2.35. The van der Waals surface area contributed by atoms with E-state index in [-0.39, 0.29) is 4.75 Å². The Morgan fingerprint density at radius 1 is 1.50 bits per heavy atom. The van der Waals surface area contributed by atoms with Gasteiger partial charge in [0, 0.05) is 19.1 Å². The van der Waals surface area contributed by atoms with Crippen LogP contribution in [0.2, 0.25) is 0 Å². The number of hydrogen-bond acceptors (Lipinski definition) is 3. The number of hydrogen-bond donors (Lipinski definition) is 1. The molecule has 4 heteroatoms. The summed E-state index contributed by atoms with van der Waals surface area (Å²) in [5, 5.41) is 0. The molecule has 1 heterocycles. The number of thiocarbonyl (C=S) groups is 1. The maximum Gasteiger partial charge on any atom is 0.0891 e. The lowest BCUT2D eigenvalue weighted by Gasteiger charge is -2.42. The Labute approximate surface area is 109 Å². The van der Waals surface area contributed by atoms with Gasteiger partial charge in [-0.25, -0.2) is 0 Å². The SMILES string of the molecule is CCCC(C)N1CCC(SC)(C(N)=S)CC1. The monoisotopic (exact) mass is 260 g/mol. The second-order valence-corrected chi connectivity index (χ2v) is 6.37. The van der Waals surface area contributed by atoms with E-state index in [4.69, 9.17) is 18.0 Å². The van der Waals surface area contributed by atoms with Crippen molar-refractivity contribution in [3.8, 4) is 0 Å². The molecule has 0 aromatic rings. The van der Waals surface area contributed by atoms with Gasteiger partial charge in [-0.05, 0) is 32.4 Å². The highest BCUT2D eigenvalue weighted by atomic mass is 32.2. The molecule has 1 fully saturated rings. The van der Waals surface area contributed by atoms with Crippen LogP contribution in [0.1, 0.15) is 39.5 Å². The predicted molar refractivity (Wildman–Crippen MR) is 78.2 cm³/mol. The van der Waals surface area contributed by atoms with Crippen molar-refractivity contribution in [2.75, 3.05) is 19.3 Å². The number of rotatable bonds is 5. The molecular formula is C12H24N2S2. The van der Waals surface area contributed by atoms with Gasteiger partial charge in [0.2, 0.25) is 0 Å². The van der Waals surface area contributed by atoms with E-state index in [9.17, 15) is 0 Å². The molecule has 1 atom stereocenters. The molecule has 0 bridgehead atoms. The number of thioether (sulfide) groups is 1. The van der Waals surface area contributed by atoms with E-state index < -0.39 is 0 Å². The Morgan fingerprint density at radius 3 is 2.44 bits per heavy atom. The van der Waals surface area contributed by atoms with E-state index in [2.05, 4.69) is 25.0 Å². The van der Waals surface area contributed by atoms with Gasteiger partial charge >= 0.3 is 0 Å². The first-order chi connectivity index (χ1) is 7.55. The van der Waals surface area contributed by atoms with E-state index in [0.29, 0.717) is 11.0 Å². The number of likely N-dealkylation sites (tertiary alicyclic amines) is 1. The van der Waals surface area contributed by atoms with Gasteiger partial charge in [0.25, 0.3) is 0 Å². The summed E-state index contributed by atoms with van der Waals surface area (Å²) >= 11 is 7.06. The highest BCUT2D eigenvalue weighted by Gasteiger charge is 2.37. The maximum absolute atomic E-state index is 5.88. The van der Waals surface area contributed by atoms with Crippen molar-refractivity contribution in [3.05, 3.63) is 0 Å². The Balaban J connectivity index is 2.52. The minimum Gasteiger partial charge on any atom is -0.392 e. The fraction of sp³-hybridized carbons (Fsp3) is 0.917. The van der Waals surface area contributed by atoms with Crippen LogP contribution in [0, 0.1) is 0 Å². The first kappa shape index (κ1) is 14.3. The van der Waals surface area contributed by atoms with E-state index in [1.807, 2.05) is 11.8 Å². The Bertz CT molecular complexity index is 235. The summed E-state index contributed by atoms with van der Waals surface area (Å²) in [6, 6.07) is 0.705. The summed E-state index contributed by atoms with van der Waals surface area (Å²) in [6.07, 6.45) is 6.90. The second-order valence-electron chi connectivity index (χ2n) is 4.74. The van der Waals surface area contributed by atoms with Gasteiger partial charge in [-0.15, -0.1) is 0 Å². The predicted octanol–water partition coefficient (Wildman–Crippen LogP) is 2.66. The molecule has 2 nitrogen and oxygen atoms in total. The van der Waals surface area contributed by atoms with Gasteiger partial charge in [-0.3, -0.25) is 0 Å². The van der Waals surface area contributed by atoms with Crippen molar-refractivity contribution >= 4 is 29.0 Å². The summed E-state index contributed by atoms with van der Waals surface area (Å²) in [6.45, 7) is 6.86. The summed E-state index contributed by atoms with van der Waals surface area (Å²) in [5.41, 5.74) is 5.88. The van der Waals surface area contributed by atoms with Gasteiger partial charge in [0.1, 0.15) is 0 Å². The molecular weight excluding hydrogens is 236 g/mol. The molecule has 0 aliphatic carbocycles. The third-order valence-corrected chi connectivity index (χ3v) is 5.70. The van der Waals surface area contributed by atoms with Crippen LogP contribution in [0.4, 0.5) is 0 Å². The molecule has 94 valence electrons. The van der Waals surface area contributed by atoms with Crippen molar-refractivity contribution < 1.29 is 0 Å². The number of piperidine rings is 1. The molecule has 0 aromatic carbocycles. The van der Waals surface area contributed by atoms with Crippen molar-refractivity contribution in [3.63, 3.8) is 0 Å². The molecule has 1 unspecified atom stereocenters. The minimum absolute atomic E-state index is 0.0672. The average Bonchev–Trinajstić information content (AvgIpc) is 2.29. The standard InChI is InChI=1S/C12H24N2S2/c1-4-5-10(2)14-8-6-12(16-3,7-9-14)11(13)15/h10H,4-9H2,1-3H3,(H2,13,15). The number of nitrogens with zero attached hydrogens (tertiary/aromatic N) is 1. The van der Waals surface area contributed by atoms with Gasteiger partial charge < -0.3 is 10.6 Å². The van der Waals surface area contributed by atoms with Crippen LogP contribution in [0.3, 0.4) is 0 Å². The van der Waals surface area contributed by atoms with Gasteiger partial charge in [-0.1, -0.05) is 25.6 Å². The average molecular weight is 260 g/mol. The Hall–Kier alpha value is 0.200. The summed E-state index contributed by atoms with van der Waals surface area (Å²) in [5.74, 6) is 0. The van der Waals surface area contributed by atoms with Crippen LogP contribution in [0.15, 0.2) is 0 Å². The Morgan fingerprint density at radius 2 is 2.06 bits per heavy atom. The molecule has 1 aliphatic rings. The van der Waals surface area contributed by atoms with Crippen LogP contribution in [0.5, 0.6) is 0 Å². The molecule has 0 radical (unpaired) electrons. The molecule has 0 saturated carbocycles. The largest absolute Gasteiger partial charge is 0.392 e. The molecule has 1 aliphatic heterocycles. The van der Waals surface area contributed by atoms with Crippen molar-refractivity contribution in [1.29, 1.82) is 0 Å². The summed E-state index contributed by atoms with van der Waals surface area (Å²) in [7, 11) is 0. The third kappa shape index (κ3) is 3.11. The van der Waals surface area contributed by atoms with Crippen molar-refractivity contribution in [2.24, 2.45) is 5.73 Å². The third-order valence-electron chi connectivity index (χ3n) is 3.78. The minimum atomic E-state index is 0.0672. The van der Waals surface area contributed by atoms with Gasteiger partial charge in [-0.2, -0.15) is 11.8 Å². The lowest BCUT2D eigenvalue weighted by molar-refractivity contribution is 0.160. The molecule has 1 saturated heterocycles. The van der Waals surface area contributed by atoms with Crippen LogP contribution in [0.25, 0.3) is 0 Å². The van der Waals surface area contributed by atoms with Crippen LogP contribution >= 0.6 is 24.0 Å². The molecule has 1 rings (SSSR count). The summed E-state index contributed by atoms with van der Waals surface area (Å²) < 4.78 is 0.0672. The van der Waals surface area contributed by atoms with E-state index >= 15 is 0 Å². The fourth-order valence-electron chi connectivity index (χ4n) is 2.48. The molecule has 0 amide bonds. The second kappa shape index (κ2) is 6.22. The zero-order valence-electron chi connectivity index (χ0n) is 10.7. The first-order valence-electron chi connectivity index (χ1n) is 6.15. The lowest BCUT2D eigenvalue weighted by Crippen LogP contribution is -2.51. The fourth-order valence-corrected chi connectivity index (χ4v) is 3.72. The summed E-state index contributed by atoms with van der Waals surface area (Å²) in [4.78, 5) is 3.28. The molecule has 16 heavy (non-hydrogen) atoms. The molecule has 0 spiro atoms. The van der Waals surface area contributed by atoms with Crippen LogP contribution in [-0.4, -0.2) is 40.0 Å². The highest BCUT2D eigenvalue weighted by molar-refractivity contribution is 8.01. The van der Waals surface area contributed by atoms with Crippen LogP contribution < -0.4 is 5.73 Å². The van der Waals surface area contributed by atoms with Gasteiger partial charge in [0.05, 0.1) is 9.74 Å². The van der Waals surface area contributed by atoms with Crippen molar-refractivity contribution in [2.45, 2.75) is 50.3 Å². The Kier molecular flexibility index (Phi) is 5.54. The molecule has 0 aromatic heterocycles. The van der Waals surface area contributed by atoms with Crippen LogP contribution in [-0.2, 0) is 0 Å². The quantitative estimate of drug-likeness (QED) is 0.770. The topological polar surface area (TPSA) is 29.3 Å². The van der Waals surface area contributed by atoms with E-state index in [1.165, 1.54) is 12.8 Å². The smallest absolute Gasteiger partial charge is 0.0891 e. The number of nitrogens with two attached hydrogens (primary N) is 1. The first-order valence-corrected chi connectivity index (χ1v) is 7.78. The van der Waals surface area contributed by atoms with Crippen molar-refractivity contribution in [1.82, 2.24) is 4.90 Å². The normalized spacial score (nSPS) is 22.9.